The van der Waals surface area contributed by atoms with Gasteiger partial charge in [0.25, 0.3) is 0 Å². The molecule has 1 saturated heterocycles. The molecule has 0 atom stereocenters. The van der Waals surface area contributed by atoms with Crippen LogP contribution in [0.5, 0.6) is 0 Å². The van der Waals surface area contributed by atoms with Gasteiger partial charge in [0.2, 0.25) is 0 Å². The maximum absolute atomic E-state index is 4.39. The number of hydrogen-bond acceptors (Lipinski definition) is 8. The lowest BCUT2D eigenvalue weighted by Crippen LogP contribution is -2.47. The van der Waals surface area contributed by atoms with Gasteiger partial charge in [-0.05, 0) is 0 Å². The number of anilines is 2. The van der Waals surface area contributed by atoms with Gasteiger partial charge in [-0.3, -0.25) is 4.98 Å². The van der Waals surface area contributed by atoms with Gasteiger partial charge in [0.05, 0.1) is 6.20 Å². The van der Waals surface area contributed by atoms with Crippen LogP contribution in [0.3, 0.4) is 0 Å². The molecule has 0 bridgehead atoms. The normalized spacial score (nSPS) is 15.3. The van der Waals surface area contributed by atoms with Crippen molar-refractivity contribution in [2.45, 2.75) is 0 Å². The van der Waals surface area contributed by atoms with Crippen molar-refractivity contribution >= 4 is 22.8 Å². The molecule has 1 fully saturated rings. The molecular weight excluding hydrogens is 280 g/mol. The number of nitrogens with zero attached hydrogens (tertiary/aromatic N) is 8. The van der Waals surface area contributed by atoms with E-state index in [9.17, 15) is 0 Å². The highest BCUT2D eigenvalue weighted by atomic mass is 15.3. The maximum atomic E-state index is 4.39. The van der Waals surface area contributed by atoms with E-state index in [1.165, 1.54) is 0 Å². The van der Waals surface area contributed by atoms with Gasteiger partial charge in [-0.1, -0.05) is 0 Å². The Morgan fingerprint density at radius 1 is 0.727 bits per heavy atom. The van der Waals surface area contributed by atoms with Crippen LogP contribution in [0.4, 0.5) is 11.6 Å². The Morgan fingerprint density at radius 3 is 2.32 bits per heavy atom. The largest absolute Gasteiger partial charge is 0.352 e. The molecule has 1 aliphatic rings. The third-order valence-corrected chi connectivity index (χ3v) is 3.70. The second kappa shape index (κ2) is 5.47. The smallest absolute Gasteiger partial charge is 0.183 e. The van der Waals surface area contributed by atoms with Gasteiger partial charge < -0.3 is 9.80 Å². The number of rotatable bonds is 2. The van der Waals surface area contributed by atoms with Crippen molar-refractivity contribution in [2.24, 2.45) is 0 Å². The number of piperazine rings is 1. The maximum Gasteiger partial charge on any atom is 0.183 e. The summed E-state index contributed by atoms with van der Waals surface area (Å²) < 4.78 is 0. The van der Waals surface area contributed by atoms with Crippen LogP contribution in [0.1, 0.15) is 0 Å². The van der Waals surface area contributed by atoms with Gasteiger partial charge in [0.1, 0.15) is 12.1 Å². The van der Waals surface area contributed by atoms with Gasteiger partial charge in [-0.2, -0.15) is 0 Å². The molecule has 3 aromatic heterocycles. The highest BCUT2D eigenvalue weighted by Gasteiger charge is 2.21. The van der Waals surface area contributed by atoms with Crippen molar-refractivity contribution in [3.63, 3.8) is 0 Å². The fraction of sp³-hybridized carbons (Fsp3) is 0.286. The molecule has 4 heterocycles. The van der Waals surface area contributed by atoms with E-state index in [-0.39, 0.29) is 0 Å². The third-order valence-electron chi connectivity index (χ3n) is 3.70. The molecule has 0 N–H and O–H groups in total. The van der Waals surface area contributed by atoms with Crippen molar-refractivity contribution in [1.29, 1.82) is 0 Å². The molecule has 8 heteroatoms. The predicted octanol–water partition coefficient (Wildman–Crippen LogP) is 0.536. The zero-order chi connectivity index (χ0) is 14.8. The van der Waals surface area contributed by atoms with Crippen LogP contribution in [0.15, 0.2) is 37.3 Å². The van der Waals surface area contributed by atoms with E-state index in [4.69, 9.17) is 0 Å². The van der Waals surface area contributed by atoms with Crippen molar-refractivity contribution in [1.82, 2.24) is 29.9 Å². The van der Waals surface area contributed by atoms with E-state index < -0.39 is 0 Å². The first-order valence-corrected chi connectivity index (χ1v) is 7.09. The monoisotopic (exact) mass is 294 g/mol. The summed E-state index contributed by atoms with van der Waals surface area (Å²) in [6.45, 7) is 3.42. The number of hydrogen-bond donors (Lipinski definition) is 0. The summed E-state index contributed by atoms with van der Waals surface area (Å²) in [6, 6.07) is 0. The summed E-state index contributed by atoms with van der Waals surface area (Å²) in [6.07, 6.45) is 10.1. The average Bonchev–Trinajstić information content (AvgIpc) is 2.62. The van der Waals surface area contributed by atoms with E-state index in [0.717, 1.165) is 43.3 Å². The fourth-order valence-corrected chi connectivity index (χ4v) is 2.62. The first kappa shape index (κ1) is 12.8. The predicted molar refractivity (Wildman–Crippen MR) is 81.6 cm³/mol. The second-order valence-electron chi connectivity index (χ2n) is 4.96. The van der Waals surface area contributed by atoms with Crippen molar-refractivity contribution in [2.75, 3.05) is 36.0 Å². The van der Waals surface area contributed by atoms with E-state index >= 15 is 0 Å². The Labute approximate surface area is 126 Å². The lowest BCUT2D eigenvalue weighted by Gasteiger charge is -2.35. The van der Waals surface area contributed by atoms with Crippen LogP contribution in [-0.2, 0) is 0 Å². The molecule has 110 valence electrons. The number of fused-ring (bicyclic) bond motifs is 1. The molecule has 22 heavy (non-hydrogen) atoms. The molecule has 0 saturated carbocycles. The fourth-order valence-electron chi connectivity index (χ4n) is 2.62. The van der Waals surface area contributed by atoms with Crippen LogP contribution >= 0.6 is 0 Å². The molecule has 3 aromatic rings. The topological polar surface area (TPSA) is 83.8 Å². The minimum Gasteiger partial charge on any atom is -0.352 e. The summed E-state index contributed by atoms with van der Waals surface area (Å²) >= 11 is 0. The van der Waals surface area contributed by atoms with Crippen LogP contribution in [0, 0.1) is 0 Å². The first-order chi connectivity index (χ1) is 10.9. The van der Waals surface area contributed by atoms with Gasteiger partial charge in [-0.15, -0.1) is 0 Å². The van der Waals surface area contributed by atoms with Crippen LogP contribution in [0.2, 0.25) is 0 Å². The molecule has 0 aromatic carbocycles. The highest BCUT2D eigenvalue weighted by Crippen LogP contribution is 2.21. The highest BCUT2D eigenvalue weighted by molar-refractivity contribution is 5.82. The Balaban J connectivity index is 1.56. The molecule has 8 nitrogen and oxygen atoms in total. The van der Waals surface area contributed by atoms with Crippen molar-refractivity contribution in [3.8, 4) is 0 Å². The minimum atomic E-state index is 0.629. The van der Waals surface area contributed by atoms with E-state index in [2.05, 4.69) is 39.7 Å². The number of aromatic nitrogens is 6. The quantitative estimate of drug-likeness (QED) is 0.677. The van der Waals surface area contributed by atoms with Gasteiger partial charge in [0, 0.05) is 51.0 Å². The standard InChI is InChI=1S/C14H14N8/c1-2-16-11(9-15-1)21-5-7-22(8-6-21)14-12-13(19-10-20-14)18-4-3-17-12/h1-4,9-10H,5-8H2. The zero-order valence-electron chi connectivity index (χ0n) is 11.9. The second-order valence-corrected chi connectivity index (χ2v) is 4.96. The van der Waals surface area contributed by atoms with Crippen molar-refractivity contribution < 1.29 is 0 Å². The average molecular weight is 294 g/mol. The lowest BCUT2D eigenvalue weighted by atomic mass is 10.3. The van der Waals surface area contributed by atoms with Gasteiger partial charge in [-0.25, -0.2) is 24.9 Å². The summed E-state index contributed by atoms with van der Waals surface area (Å²) in [5.74, 6) is 1.76. The van der Waals surface area contributed by atoms with Crippen LogP contribution < -0.4 is 9.80 Å². The third kappa shape index (κ3) is 2.28. The summed E-state index contributed by atoms with van der Waals surface area (Å²) in [5, 5.41) is 0. The Hall–Kier alpha value is -2.90. The molecule has 0 amide bonds. The Bertz CT molecular complexity index is 765. The molecular formula is C14H14N8. The van der Waals surface area contributed by atoms with E-state index in [0.29, 0.717) is 5.65 Å². The molecule has 0 aliphatic carbocycles. The first-order valence-electron chi connectivity index (χ1n) is 7.09. The van der Waals surface area contributed by atoms with Crippen molar-refractivity contribution in [3.05, 3.63) is 37.3 Å². The molecule has 0 unspecified atom stereocenters. The minimum absolute atomic E-state index is 0.629. The summed E-state index contributed by atoms with van der Waals surface area (Å²) in [4.78, 5) is 30.1. The summed E-state index contributed by atoms with van der Waals surface area (Å²) in [5.41, 5.74) is 1.38. The molecule has 4 rings (SSSR count). The van der Waals surface area contributed by atoms with Gasteiger partial charge >= 0.3 is 0 Å². The Morgan fingerprint density at radius 2 is 1.50 bits per heavy atom. The van der Waals surface area contributed by atoms with E-state index in [1.807, 2.05) is 0 Å². The zero-order valence-corrected chi connectivity index (χ0v) is 11.9. The van der Waals surface area contributed by atoms with Crippen LogP contribution in [0.25, 0.3) is 11.2 Å². The van der Waals surface area contributed by atoms with Gasteiger partial charge in [0.15, 0.2) is 17.0 Å². The molecule has 0 radical (unpaired) electrons. The molecule has 0 spiro atoms. The van der Waals surface area contributed by atoms with Crippen LogP contribution in [-0.4, -0.2) is 56.1 Å². The SMILES string of the molecule is c1cnc(N2CCN(c3ncnc4nccnc34)CC2)cn1. The summed E-state index contributed by atoms with van der Waals surface area (Å²) in [7, 11) is 0. The Kier molecular flexibility index (Phi) is 3.19. The molecule has 1 aliphatic heterocycles. The van der Waals surface area contributed by atoms with E-state index in [1.54, 1.807) is 37.3 Å². The lowest BCUT2D eigenvalue weighted by molar-refractivity contribution is 0.641.